The molecule has 0 spiro atoms. The number of hydrogen-bond donors (Lipinski definition) is 0. The predicted octanol–water partition coefficient (Wildman–Crippen LogP) is 8.20. The third-order valence-electron chi connectivity index (χ3n) is 7.14. The maximum atomic E-state index is 6.40. The zero-order chi connectivity index (χ0) is 30.1. The molecule has 0 fully saturated rings. The molecule has 0 aliphatic rings. The second-order valence-corrected chi connectivity index (χ2v) is 15.4. The summed E-state index contributed by atoms with van der Waals surface area (Å²) >= 11 is 0.194. The monoisotopic (exact) mass is 652 g/mol. The Kier molecular flexibility index (Phi) is 11.2. The normalized spacial score (nSPS) is 12.2. The standard InChI is InChI=1S/C35H34N2OSi.2ClH.Fe/c1-25-23-26(2)35(27(3)24-25)36-28(4)33-21-22-34(38-33)29(5)37-39(30-15-9-6-10-16-30,31-17-11-7-12-18-31)32-19-13-8-14-20-32;;;/h6-24H,1-5H3;2*1H;/q;;;+2/p-2/b36-28?,37-29+;;;. The Hall–Kier alpha value is -3.18. The van der Waals surface area contributed by atoms with Crippen LogP contribution in [0.15, 0.2) is 129 Å². The molecule has 5 rings (SSSR count). The maximum absolute atomic E-state index is 6.40. The topological polar surface area (TPSA) is 37.9 Å². The van der Waals surface area contributed by atoms with Crippen molar-refractivity contribution in [3.8, 4) is 0 Å². The number of rotatable bonds is 7. The Balaban J connectivity index is 0.00000129. The number of aliphatic imine (C=N–C) groups is 1. The Bertz CT molecular complexity index is 1550. The van der Waals surface area contributed by atoms with Gasteiger partial charge in [0.05, 0.1) is 17.1 Å². The molecule has 216 valence electrons. The molecule has 4 aromatic carbocycles. The van der Waals surface area contributed by atoms with Crippen molar-refractivity contribution in [1.29, 1.82) is 0 Å². The Labute approximate surface area is 265 Å². The van der Waals surface area contributed by atoms with Gasteiger partial charge in [-0.25, -0.2) is 4.99 Å². The summed E-state index contributed by atoms with van der Waals surface area (Å²) in [5.41, 5.74) is 6.31. The van der Waals surface area contributed by atoms with Crippen molar-refractivity contribution >= 4 is 61.1 Å². The van der Waals surface area contributed by atoms with Crippen LogP contribution in [0, 0.1) is 20.8 Å². The molecular weight excluding hydrogens is 619 g/mol. The third kappa shape index (κ3) is 7.23. The molecule has 5 aromatic rings. The molecular formula is C35H34Cl2FeN2OSi. The molecule has 0 aliphatic heterocycles. The number of aryl methyl sites for hydroxylation is 3. The van der Waals surface area contributed by atoms with Crippen molar-refractivity contribution < 1.29 is 17.6 Å². The van der Waals surface area contributed by atoms with Crippen LogP contribution in [0.25, 0.3) is 0 Å². The van der Waals surface area contributed by atoms with Gasteiger partial charge >= 0.3 is 33.3 Å². The van der Waals surface area contributed by atoms with Gasteiger partial charge in [0.2, 0.25) is 0 Å². The molecule has 0 atom stereocenters. The van der Waals surface area contributed by atoms with Gasteiger partial charge in [-0.2, -0.15) is 0 Å². The van der Waals surface area contributed by atoms with E-state index in [1.54, 1.807) is 0 Å². The van der Waals surface area contributed by atoms with Crippen LogP contribution in [0.3, 0.4) is 0 Å². The zero-order valence-corrected chi connectivity index (χ0v) is 28.0. The number of benzene rings is 4. The molecule has 0 amide bonds. The first kappa shape index (κ1) is 31.7. The van der Waals surface area contributed by atoms with E-state index in [0.29, 0.717) is 0 Å². The predicted molar refractivity (Wildman–Crippen MR) is 179 cm³/mol. The number of furan rings is 1. The van der Waals surface area contributed by atoms with E-state index < -0.39 is 8.24 Å². The van der Waals surface area contributed by atoms with Gasteiger partial charge in [0.15, 0.2) is 0 Å². The van der Waals surface area contributed by atoms with Crippen molar-refractivity contribution in [3.05, 3.63) is 143 Å². The summed E-state index contributed by atoms with van der Waals surface area (Å²) in [6.07, 6.45) is 0. The third-order valence-corrected chi connectivity index (χ3v) is 11.3. The molecule has 3 nitrogen and oxygen atoms in total. The van der Waals surface area contributed by atoms with Gasteiger partial charge in [-0.05, 0) is 73.4 Å². The van der Waals surface area contributed by atoms with Crippen LogP contribution < -0.4 is 15.6 Å². The Morgan fingerprint density at radius 1 is 0.619 bits per heavy atom. The number of halogens is 2. The minimum absolute atomic E-state index is 0.194. The van der Waals surface area contributed by atoms with Crippen LogP contribution in [0.5, 0.6) is 0 Å². The van der Waals surface area contributed by atoms with E-state index in [2.05, 4.69) is 131 Å². The van der Waals surface area contributed by atoms with Crippen molar-refractivity contribution in [2.24, 2.45) is 9.65 Å². The first-order valence-electron chi connectivity index (χ1n) is 13.6. The summed E-state index contributed by atoms with van der Waals surface area (Å²) in [4.78, 5) is 4.95. The van der Waals surface area contributed by atoms with E-state index in [1.165, 1.54) is 32.3 Å². The summed E-state index contributed by atoms with van der Waals surface area (Å²) in [5.74, 6) is 1.52. The van der Waals surface area contributed by atoms with Gasteiger partial charge in [-0.15, -0.1) is 0 Å². The quantitative estimate of drug-likeness (QED) is 0.0992. The van der Waals surface area contributed by atoms with E-state index in [4.69, 9.17) is 34.3 Å². The average Bonchev–Trinajstić information content (AvgIpc) is 3.50. The molecule has 1 heterocycles. The van der Waals surface area contributed by atoms with Crippen molar-refractivity contribution in [2.45, 2.75) is 34.6 Å². The second-order valence-electron chi connectivity index (χ2n) is 10.2. The van der Waals surface area contributed by atoms with E-state index >= 15 is 0 Å². The summed E-state index contributed by atoms with van der Waals surface area (Å²) in [6, 6.07) is 40.4. The molecule has 1 aromatic heterocycles. The summed E-state index contributed by atoms with van der Waals surface area (Å²) in [7, 11) is 6.76. The SMILES string of the molecule is CC(=Nc1c(C)cc(C)cc1C)c1ccc(/C(C)=N/[Si](c2ccccc2)(c2ccccc2)c2ccccc2)o1.[Cl][Fe][Cl]. The van der Waals surface area contributed by atoms with E-state index in [1.807, 2.05) is 19.1 Å². The van der Waals surface area contributed by atoms with Gasteiger partial charge < -0.3 is 9.08 Å². The van der Waals surface area contributed by atoms with Gasteiger partial charge in [0.1, 0.15) is 11.5 Å². The molecule has 0 bridgehead atoms. The van der Waals surface area contributed by atoms with Gasteiger partial charge in [-0.3, -0.25) is 0 Å². The van der Waals surface area contributed by atoms with Crippen LogP contribution >= 0.6 is 20.2 Å². The second kappa shape index (κ2) is 14.8. The van der Waals surface area contributed by atoms with Crippen molar-refractivity contribution in [2.75, 3.05) is 0 Å². The fourth-order valence-corrected chi connectivity index (χ4v) is 9.36. The first-order chi connectivity index (χ1) is 20.3. The van der Waals surface area contributed by atoms with Gasteiger partial charge in [-0.1, -0.05) is 109 Å². The molecule has 0 radical (unpaired) electrons. The molecule has 42 heavy (non-hydrogen) atoms. The van der Waals surface area contributed by atoms with Crippen LogP contribution in [-0.2, 0) is 13.1 Å². The summed E-state index contributed by atoms with van der Waals surface area (Å²) in [5, 5.41) is 3.70. The number of nitrogens with zero attached hydrogens (tertiary/aromatic N) is 2. The molecule has 0 N–H and O–H groups in total. The summed E-state index contributed by atoms with van der Waals surface area (Å²) < 4.78 is 12.0. The first-order valence-corrected chi connectivity index (χ1v) is 18.6. The van der Waals surface area contributed by atoms with E-state index in [9.17, 15) is 0 Å². The fourth-order valence-electron chi connectivity index (χ4n) is 5.34. The van der Waals surface area contributed by atoms with Crippen molar-refractivity contribution in [3.63, 3.8) is 0 Å². The Morgan fingerprint density at radius 2 is 1.00 bits per heavy atom. The Morgan fingerprint density at radius 3 is 1.40 bits per heavy atom. The van der Waals surface area contributed by atoms with Gasteiger partial charge in [0.25, 0.3) is 8.24 Å². The molecule has 7 heteroatoms. The van der Waals surface area contributed by atoms with Crippen LogP contribution in [0.1, 0.15) is 42.1 Å². The molecule has 0 unspecified atom stereocenters. The fraction of sp³-hybridized carbons (Fsp3) is 0.143. The van der Waals surface area contributed by atoms with E-state index in [-0.39, 0.29) is 13.1 Å². The number of hydrogen-bond acceptors (Lipinski definition) is 3. The zero-order valence-electron chi connectivity index (χ0n) is 24.4. The average molecular weight is 654 g/mol. The molecule has 0 aliphatic carbocycles. The molecule has 0 saturated carbocycles. The summed E-state index contributed by atoms with van der Waals surface area (Å²) in [6.45, 7) is 10.4. The molecule has 0 saturated heterocycles. The minimum atomic E-state index is -2.77. The van der Waals surface area contributed by atoms with Crippen LogP contribution in [0.4, 0.5) is 5.69 Å². The van der Waals surface area contributed by atoms with E-state index in [0.717, 1.165) is 28.6 Å². The van der Waals surface area contributed by atoms with Crippen molar-refractivity contribution in [1.82, 2.24) is 0 Å². The van der Waals surface area contributed by atoms with Crippen LogP contribution in [-0.4, -0.2) is 19.7 Å². The van der Waals surface area contributed by atoms with Gasteiger partial charge in [0, 0.05) is 0 Å². The van der Waals surface area contributed by atoms with Crippen LogP contribution in [0.2, 0.25) is 0 Å².